The van der Waals surface area contributed by atoms with Gasteiger partial charge < -0.3 is 15.0 Å². The highest BCUT2D eigenvalue weighted by molar-refractivity contribution is 5.94. The molecule has 0 radical (unpaired) electrons. The van der Waals surface area contributed by atoms with Gasteiger partial charge in [0.1, 0.15) is 5.75 Å². The lowest BCUT2D eigenvalue weighted by molar-refractivity contribution is -0.132. The minimum atomic E-state index is -0.424. The van der Waals surface area contributed by atoms with E-state index >= 15 is 0 Å². The number of nitrogens with zero attached hydrogens (tertiary/aromatic N) is 1. The molecule has 6 nitrogen and oxygen atoms in total. The topological polar surface area (TPSA) is 75.7 Å². The maximum absolute atomic E-state index is 12.4. The lowest BCUT2D eigenvalue weighted by Crippen LogP contribution is -2.41. The van der Waals surface area contributed by atoms with Crippen LogP contribution in [0.5, 0.6) is 5.75 Å². The standard InChI is InChI=1S/C25H28N2O4/c1-18-6-8-20(9-7-18)10-11-24(29)27-14-12-21(13-15-27)17-26-25(30)22-4-3-5-23(16-22)31-19(2)28/h3-11,16,21H,12-15,17H2,1-2H3,(H,26,30)/b11-10+. The van der Waals surface area contributed by atoms with Gasteiger partial charge in [0.2, 0.25) is 5.91 Å². The molecule has 31 heavy (non-hydrogen) atoms. The number of carbonyl (C=O) groups excluding carboxylic acids is 3. The van der Waals surface area contributed by atoms with Crippen molar-refractivity contribution in [3.63, 3.8) is 0 Å². The Balaban J connectivity index is 1.43. The number of likely N-dealkylation sites (tertiary alicyclic amines) is 1. The third kappa shape index (κ3) is 6.81. The number of piperidine rings is 1. The van der Waals surface area contributed by atoms with E-state index in [9.17, 15) is 14.4 Å². The largest absolute Gasteiger partial charge is 0.427 e. The Bertz CT molecular complexity index is 958. The zero-order chi connectivity index (χ0) is 22.2. The van der Waals surface area contributed by atoms with E-state index in [1.165, 1.54) is 12.5 Å². The third-order valence-electron chi connectivity index (χ3n) is 5.33. The average molecular weight is 421 g/mol. The molecule has 0 aliphatic carbocycles. The Morgan fingerprint density at radius 3 is 2.48 bits per heavy atom. The average Bonchev–Trinajstić information content (AvgIpc) is 2.77. The smallest absolute Gasteiger partial charge is 0.308 e. The Hall–Kier alpha value is -3.41. The van der Waals surface area contributed by atoms with Crippen LogP contribution in [0.4, 0.5) is 0 Å². The van der Waals surface area contributed by atoms with E-state index in [2.05, 4.69) is 5.32 Å². The fourth-order valence-corrected chi connectivity index (χ4v) is 3.51. The molecule has 2 aromatic rings. The van der Waals surface area contributed by atoms with Gasteiger partial charge in [0.15, 0.2) is 0 Å². The normalized spacial score (nSPS) is 14.5. The van der Waals surface area contributed by atoms with E-state index in [0.717, 1.165) is 18.4 Å². The SMILES string of the molecule is CC(=O)Oc1cccc(C(=O)NCC2CCN(C(=O)/C=C/c3ccc(C)cc3)CC2)c1. The summed E-state index contributed by atoms with van der Waals surface area (Å²) < 4.78 is 5.03. The molecule has 1 aliphatic heterocycles. The van der Waals surface area contributed by atoms with Crippen LogP contribution in [0.15, 0.2) is 54.6 Å². The highest BCUT2D eigenvalue weighted by Gasteiger charge is 2.22. The molecule has 162 valence electrons. The van der Waals surface area contributed by atoms with E-state index in [1.807, 2.05) is 42.2 Å². The quantitative estimate of drug-likeness (QED) is 0.440. The molecule has 1 fully saturated rings. The first-order valence-corrected chi connectivity index (χ1v) is 10.5. The molecule has 1 aliphatic rings. The molecule has 2 aromatic carbocycles. The van der Waals surface area contributed by atoms with Gasteiger partial charge in [-0.1, -0.05) is 35.9 Å². The molecule has 0 bridgehead atoms. The fraction of sp³-hybridized carbons (Fsp3) is 0.320. The van der Waals surface area contributed by atoms with E-state index in [-0.39, 0.29) is 11.8 Å². The molecule has 0 saturated carbocycles. The van der Waals surface area contributed by atoms with Gasteiger partial charge in [-0.25, -0.2) is 0 Å². The van der Waals surface area contributed by atoms with Gasteiger partial charge in [-0.2, -0.15) is 0 Å². The summed E-state index contributed by atoms with van der Waals surface area (Å²) in [6.45, 7) is 5.27. The van der Waals surface area contributed by atoms with Crippen LogP contribution < -0.4 is 10.1 Å². The molecular formula is C25H28N2O4. The number of nitrogens with one attached hydrogen (secondary N) is 1. The van der Waals surface area contributed by atoms with Crippen LogP contribution in [0.3, 0.4) is 0 Å². The number of hydrogen-bond donors (Lipinski definition) is 1. The molecule has 3 rings (SSSR count). The molecular weight excluding hydrogens is 392 g/mol. The number of amides is 2. The zero-order valence-electron chi connectivity index (χ0n) is 18.0. The lowest BCUT2D eigenvalue weighted by atomic mass is 9.96. The third-order valence-corrected chi connectivity index (χ3v) is 5.33. The minimum absolute atomic E-state index is 0.0188. The van der Waals surface area contributed by atoms with Gasteiger partial charge in [-0.05, 0) is 55.5 Å². The summed E-state index contributed by atoms with van der Waals surface area (Å²) in [5.74, 6) is 0.0721. The van der Waals surface area contributed by atoms with Crippen molar-refractivity contribution in [3.8, 4) is 5.75 Å². The predicted molar refractivity (Wildman–Crippen MR) is 120 cm³/mol. The van der Waals surface area contributed by atoms with Gasteiger partial charge in [-0.15, -0.1) is 0 Å². The van der Waals surface area contributed by atoms with Crippen molar-refractivity contribution in [2.45, 2.75) is 26.7 Å². The number of aryl methyl sites for hydroxylation is 1. The second-order valence-corrected chi connectivity index (χ2v) is 7.84. The highest BCUT2D eigenvalue weighted by atomic mass is 16.5. The summed E-state index contributed by atoms with van der Waals surface area (Å²) in [5.41, 5.74) is 2.65. The second-order valence-electron chi connectivity index (χ2n) is 7.84. The summed E-state index contributed by atoms with van der Waals surface area (Å²) in [5, 5.41) is 2.95. The lowest BCUT2D eigenvalue weighted by Gasteiger charge is -2.31. The molecule has 0 aromatic heterocycles. The Morgan fingerprint density at radius 2 is 1.81 bits per heavy atom. The minimum Gasteiger partial charge on any atom is -0.427 e. The van der Waals surface area contributed by atoms with E-state index < -0.39 is 5.97 Å². The van der Waals surface area contributed by atoms with Crippen molar-refractivity contribution in [2.24, 2.45) is 5.92 Å². The Kier molecular flexibility index (Phi) is 7.60. The first-order valence-electron chi connectivity index (χ1n) is 10.5. The number of esters is 1. The number of ether oxygens (including phenoxy) is 1. The molecule has 0 atom stereocenters. The van der Waals surface area contributed by atoms with Crippen LogP contribution >= 0.6 is 0 Å². The van der Waals surface area contributed by atoms with Crippen molar-refractivity contribution < 1.29 is 19.1 Å². The predicted octanol–water partition coefficient (Wildman–Crippen LogP) is 3.60. The van der Waals surface area contributed by atoms with Crippen LogP contribution in [0.25, 0.3) is 6.08 Å². The fourth-order valence-electron chi connectivity index (χ4n) is 3.51. The van der Waals surface area contributed by atoms with Crippen molar-refractivity contribution in [1.82, 2.24) is 10.2 Å². The monoisotopic (exact) mass is 420 g/mol. The maximum Gasteiger partial charge on any atom is 0.308 e. The molecule has 1 saturated heterocycles. The summed E-state index contributed by atoms with van der Waals surface area (Å²) in [6, 6.07) is 14.6. The summed E-state index contributed by atoms with van der Waals surface area (Å²) >= 11 is 0. The van der Waals surface area contributed by atoms with Gasteiger partial charge in [0.25, 0.3) is 5.91 Å². The maximum atomic E-state index is 12.4. The Morgan fingerprint density at radius 1 is 1.10 bits per heavy atom. The molecule has 2 amide bonds. The summed E-state index contributed by atoms with van der Waals surface area (Å²) in [7, 11) is 0. The van der Waals surface area contributed by atoms with Crippen LogP contribution in [0.2, 0.25) is 0 Å². The van der Waals surface area contributed by atoms with Crippen molar-refractivity contribution in [2.75, 3.05) is 19.6 Å². The van der Waals surface area contributed by atoms with E-state index in [4.69, 9.17) is 4.74 Å². The Labute approximate surface area is 182 Å². The van der Waals surface area contributed by atoms with E-state index in [0.29, 0.717) is 36.9 Å². The molecule has 1 N–H and O–H groups in total. The zero-order valence-corrected chi connectivity index (χ0v) is 18.0. The molecule has 6 heteroatoms. The van der Waals surface area contributed by atoms with Crippen LogP contribution in [-0.2, 0) is 9.59 Å². The van der Waals surface area contributed by atoms with Gasteiger partial charge in [0.05, 0.1) is 0 Å². The van der Waals surface area contributed by atoms with Crippen molar-refractivity contribution >= 4 is 23.9 Å². The van der Waals surface area contributed by atoms with Crippen molar-refractivity contribution in [1.29, 1.82) is 0 Å². The van der Waals surface area contributed by atoms with Crippen molar-refractivity contribution in [3.05, 3.63) is 71.3 Å². The van der Waals surface area contributed by atoms with Crippen LogP contribution in [-0.4, -0.2) is 42.3 Å². The second kappa shape index (κ2) is 10.6. The van der Waals surface area contributed by atoms with Gasteiger partial charge >= 0.3 is 5.97 Å². The number of benzene rings is 2. The first kappa shape index (κ1) is 22.3. The summed E-state index contributed by atoms with van der Waals surface area (Å²) in [4.78, 5) is 37.8. The van der Waals surface area contributed by atoms with Crippen LogP contribution in [0.1, 0.15) is 41.3 Å². The van der Waals surface area contributed by atoms with Gasteiger partial charge in [-0.3, -0.25) is 14.4 Å². The number of rotatable bonds is 6. The molecule has 0 unspecified atom stereocenters. The highest BCUT2D eigenvalue weighted by Crippen LogP contribution is 2.18. The summed E-state index contributed by atoms with van der Waals surface area (Å²) in [6.07, 6.45) is 5.16. The van der Waals surface area contributed by atoms with Gasteiger partial charge in [0, 0.05) is 38.2 Å². The molecule has 0 spiro atoms. The number of carbonyl (C=O) groups is 3. The van der Waals surface area contributed by atoms with E-state index in [1.54, 1.807) is 30.3 Å². The van der Waals surface area contributed by atoms with Crippen LogP contribution in [0, 0.1) is 12.8 Å². The first-order chi connectivity index (χ1) is 14.9. The number of hydrogen-bond acceptors (Lipinski definition) is 4. The molecule has 1 heterocycles.